The van der Waals surface area contributed by atoms with Gasteiger partial charge < -0.3 is 14.5 Å². The summed E-state index contributed by atoms with van der Waals surface area (Å²) in [6, 6.07) is 9.45. The molecule has 2 aromatic heterocycles. The summed E-state index contributed by atoms with van der Waals surface area (Å²) in [5.74, 6) is 0.152. The molecule has 2 heterocycles. The van der Waals surface area contributed by atoms with Crippen molar-refractivity contribution in [2.24, 2.45) is 0 Å². The highest BCUT2D eigenvalue weighted by Gasteiger charge is 2.23. The molecule has 9 heteroatoms. The van der Waals surface area contributed by atoms with Crippen LogP contribution in [0.15, 0.2) is 51.9 Å². The number of nitrogens with one attached hydrogen (secondary N) is 1. The summed E-state index contributed by atoms with van der Waals surface area (Å²) >= 11 is 1.57. The minimum absolute atomic E-state index is 0.0554. The van der Waals surface area contributed by atoms with Crippen molar-refractivity contribution in [3.63, 3.8) is 0 Å². The fourth-order valence-corrected chi connectivity index (χ4v) is 3.30. The fraction of sp³-hybridized carbons (Fsp3) is 0.300. The van der Waals surface area contributed by atoms with Crippen molar-refractivity contribution in [2.45, 2.75) is 19.0 Å². The smallest absolute Gasteiger partial charge is 0.328 e. The van der Waals surface area contributed by atoms with E-state index in [1.807, 2.05) is 12.3 Å². The van der Waals surface area contributed by atoms with Crippen molar-refractivity contribution < 1.29 is 18.7 Å². The zero-order valence-corrected chi connectivity index (χ0v) is 16.9. The van der Waals surface area contributed by atoms with Crippen LogP contribution in [0.1, 0.15) is 22.7 Å². The van der Waals surface area contributed by atoms with Gasteiger partial charge in [-0.25, -0.2) is 9.78 Å². The minimum atomic E-state index is -0.749. The third-order valence-corrected chi connectivity index (χ3v) is 4.99. The molecule has 0 aliphatic heterocycles. The number of benzene rings is 1. The van der Waals surface area contributed by atoms with E-state index in [2.05, 4.69) is 10.3 Å². The van der Waals surface area contributed by atoms with Crippen molar-refractivity contribution in [1.29, 1.82) is 0 Å². The molecule has 0 saturated carbocycles. The largest absolute Gasteiger partial charge is 0.467 e. The van der Waals surface area contributed by atoms with Gasteiger partial charge in [-0.05, 0) is 42.7 Å². The molecular formula is C20H21N3O5S. The molecule has 0 bridgehead atoms. The van der Waals surface area contributed by atoms with E-state index in [9.17, 15) is 14.4 Å². The third-order valence-electron chi connectivity index (χ3n) is 4.34. The maximum Gasteiger partial charge on any atom is 0.328 e. The fourth-order valence-electron chi connectivity index (χ4n) is 2.83. The predicted octanol–water partition coefficient (Wildman–Crippen LogP) is 2.06. The normalized spacial score (nSPS) is 11.9. The van der Waals surface area contributed by atoms with E-state index in [0.717, 1.165) is 0 Å². The van der Waals surface area contributed by atoms with Gasteiger partial charge in [-0.3, -0.25) is 14.2 Å². The summed E-state index contributed by atoms with van der Waals surface area (Å²) in [6.07, 6.45) is 3.81. The van der Waals surface area contributed by atoms with Crippen LogP contribution in [0.2, 0.25) is 0 Å². The van der Waals surface area contributed by atoms with Crippen LogP contribution in [0, 0.1) is 0 Å². The maximum atomic E-state index is 12.6. The SMILES string of the molecule is COC(=O)C(CCSC)NC(=O)c1ccc(Cn2cnc3ccccc3c2=O)o1. The van der Waals surface area contributed by atoms with Gasteiger partial charge in [-0.15, -0.1) is 0 Å². The summed E-state index contributed by atoms with van der Waals surface area (Å²) in [5.41, 5.74) is 0.424. The second-order valence-electron chi connectivity index (χ2n) is 6.29. The molecule has 1 N–H and O–H groups in total. The monoisotopic (exact) mass is 415 g/mol. The Labute approximate surface area is 171 Å². The van der Waals surface area contributed by atoms with Gasteiger partial charge in [0, 0.05) is 0 Å². The van der Waals surface area contributed by atoms with Gasteiger partial charge in [0.05, 0.1) is 30.9 Å². The number of thioether (sulfide) groups is 1. The molecule has 3 aromatic rings. The molecule has 0 radical (unpaired) electrons. The molecule has 1 atom stereocenters. The summed E-state index contributed by atoms with van der Waals surface area (Å²) in [5, 5.41) is 3.14. The molecule has 8 nitrogen and oxygen atoms in total. The molecule has 152 valence electrons. The lowest BCUT2D eigenvalue weighted by Gasteiger charge is -2.15. The number of carbonyl (C=O) groups is 2. The predicted molar refractivity (Wildman–Crippen MR) is 110 cm³/mol. The van der Waals surface area contributed by atoms with Crippen LogP contribution < -0.4 is 10.9 Å². The van der Waals surface area contributed by atoms with E-state index < -0.39 is 17.9 Å². The van der Waals surface area contributed by atoms with Gasteiger partial charge in [0.2, 0.25) is 0 Å². The second-order valence-corrected chi connectivity index (χ2v) is 7.28. The average molecular weight is 415 g/mol. The highest BCUT2D eigenvalue weighted by Crippen LogP contribution is 2.12. The van der Waals surface area contributed by atoms with Gasteiger partial charge in [0.25, 0.3) is 11.5 Å². The molecule has 1 unspecified atom stereocenters. The first-order valence-corrected chi connectivity index (χ1v) is 10.3. The number of esters is 1. The number of methoxy groups -OCH3 is 1. The number of rotatable bonds is 8. The van der Waals surface area contributed by atoms with Crippen molar-refractivity contribution in [1.82, 2.24) is 14.9 Å². The van der Waals surface area contributed by atoms with Crippen molar-refractivity contribution in [3.8, 4) is 0 Å². The number of aromatic nitrogens is 2. The zero-order chi connectivity index (χ0) is 20.8. The minimum Gasteiger partial charge on any atom is -0.467 e. The number of nitrogens with zero attached hydrogens (tertiary/aromatic N) is 2. The Balaban J connectivity index is 1.73. The van der Waals surface area contributed by atoms with Crippen LogP contribution in [0.3, 0.4) is 0 Å². The van der Waals surface area contributed by atoms with Gasteiger partial charge in [0.15, 0.2) is 5.76 Å². The first-order valence-electron chi connectivity index (χ1n) is 8.94. The second kappa shape index (κ2) is 9.42. The standard InChI is InChI=1S/C20H21N3O5S/c1-27-20(26)16(9-10-29-2)22-18(24)17-8-7-13(28-17)11-23-12-21-15-6-4-3-5-14(15)19(23)25/h3-8,12,16H,9-11H2,1-2H3,(H,22,24). The van der Waals surface area contributed by atoms with E-state index in [-0.39, 0.29) is 17.9 Å². The Hall–Kier alpha value is -3.07. The van der Waals surface area contributed by atoms with Gasteiger partial charge in [0.1, 0.15) is 11.8 Å². The number of amides is 1. The summed E-state index contributed by atoms with van der Waals surface area (Å²) in [4.78, 5) is 41.1. The molecule has 1 aromatic carbocycles. The van der Waals surface area contributed by atoms with Gasteiger partial charge >= 0.3 is 5.97 Å². The maximum absolute atomic E-state index is 12.6. The van der Waals surface area contributed by atoms with E-state index >= 15 is 0 Å². The summed E-state index contributed by atoms with van der Waals surface area (Å²) in [6.45, 7) is 0.136. The summed E-state index contributed by atoms with van der Waals surface area (Å²) in [7, 11) is 1.28. The molecule has 3 rings (SSSR count). The first kappa shape index (κ1) is 20.7. The Kier molecular flexibility index (Phi) is 6.71. The average Bonchev–Trinajstić information content (AvgIpc) is 3.21. The van der Waals surface area contributed by atoms with Crippen LogP contribution in [-0.2, 0) is 16.1 Å². The Bertz CT molecular complexity index is 1080. The zero-order valence-electron chi connectivity index (χ0n) is 16.1. The molecule has 0 aliphatic carbocycles. The highest BCUT2D eigenvalue weighted by atomic mass is 32.2. The number of para-hydroxylation sites is 1. The van der Waals surface area contributed by atoms with E-state index in [1.54, 1.807) is 36.0 Å². The first-order chi connectivity index (χ1) is 14.0. The number of fused-ring (bicyclic) bond motifs is 1. The van der Waals surface area contributed by atoms with E-state index in [4.69, 9.17) is 9.15 Å². The molecule has 0 saturated heterocycles. The Morgan fingerprint density at radius 2 is 2.07 bits per heavy atom. The molecular weight excluding hydrogens is 394 g/mol. The van der Waals surface area contributed by atoms with Crippen molar-refractivity contribution in [2.75, 3.05) is 19.1 Å². The number of furan rings is 1. The number of ether oxygens (including phenoxy) is 1. The van der Waals surface area contributed by atoms with Crippen LogP contribution in [0.25, 0.3) is 10.9 Å². The van der Waals surface area contributed by atoms with E-state index in [1.165, 1.54) is 24.1 Å². The van der Waals surface area contributed by atoms with Crippen LogP contribution >= 0.6 is 11.8 Å². The van der Waals surface area contributed by atoms with Crippen LogP contribution in [-0.4, -0.2) is 46.6 Å². The van der Waals surface area contributed by atoms with E-state index in [0.29, 0.717) is 28.8 Å². The van der Waals surface area contributed by atoms with Gasteiger partial charge in [-0.2, -0.15) is 11.8 Å². The highest BCUT2D eigenvalue weighted by molar-refractivity contribution is 7.98. The summed E-state index contributed by atoms with van der Waals surface area (Å²) < 4.78 is 11.7. The lowest BCUT2D eigenvalue weighted by Crippen LogP contribution is -2.41. The number of hydrogen-bond donors (Lipinski definition) is 1. The lowest BCUT2D eigenvalue weighted by molar-refractivity contribution is -0.142. The van der Waals surface area contributed by atoms with Crippen molar-refractivity contribution in [3.05, 3.63) is 64.6 Å². The van der Waals surface area contributed by atoms with Crippen LogP contribution in [0.4, 0.5) is 0 Å². The Morgan fingerprint density at radius 1 is 1.28 bits per heavy atom. The third kappa shape index (κ3) is 4.86. The van der Waals surface area contributed by atoms with Crippen molar-refractivity contribution >= 4 is 34.5 Å². The number of carbonyl (C=O) groups excluding carboxylic acids is 2. The van der Waals surface area contributed by atoms with Gasteiger partial charge in [-0.1, -0.05) is 12.1 Å². The Morgan fingerprint density at radius 3 is 2.83 bits per heavy atom. The molecule has 1 amide bonds. The lowest BCUT2D eigenvalue weighted by atomic mass is 10.2. The molecule has 29 heavy (non-hydrogen) atoms. The number of hydrogen-bond acceptors (Lipinski definition) is 7. The molecule has 0 fully saturated rings. The molecule has 0 aliphatic rings. The quantitative estimate of drug-likeness (QED) is 0.562. The molecule has 0 spiro atoms. The topological polar surface area (TPSA) is 103 Å². The van der Waals surface area contributed by atoms with Crippen LogP contribution in [0.5, 0.6) is 0 Å².